The summed E-state index contributed by atoms with van der Waals surface area (Å²) in [6, 6.07) is 21.9. The van der Waals surface area contributed by atoms with Gasteiger partial charge in [-0.1, -0.05) is 79.6 Å². The Bertz CT molecular complexity index is 1140. The van der Waals surface area contributed by atoms with Crippen molar-refractivity contribution in [2.75, 3.05) is 5.32 Å². The van der Waals surface area contributed by atoms with E-state index in [1.165, 1.54) is 0 Å². The fourth-order valence-electron chi connectivity index (χ4n) is 4.35. The van der Waals surface area contributed by atoms with Crippen LogP contribution >= 0.6 is 0 Å². The van der Waals surface area contributed by atoms with Crippen LogP contribution in [0.2, 0.25) is 0 Å². The molecule has 5 heteroatoms. The topological polar surface area (TPSA) is 78.4 Å². The molecule has 35 heavy (non-hydrogen) atoms. The first-order valence-electron chi connectivity index (χ1n) is 12.2. The number of aryl methyl sites for hydroxylation is 3. The summed E-state index contributed by atoms with van der Waals surface area (Å²) in [6.07, 6.45) is 1.09. The standard InChI is InChI=1S/C30H36N2O3/c1-20(2)14-28(25-16-21(3)15-22(4)17-25)32-30(35)27-18-26(12-10-24(27)11-13-29(33)34)31-19-23-8-6-5-7-9-23/h5-10,12,15-18,20,28,31H,11,13-14,19H2,1-4H3,(H,32,35)(H,33,34). The van der Waals surface area contributed by atoms with Crippen LogP contribution in [0.25, 0.3) is 0 Å². The predicted molar refractivity (Wildman–Crippen MR) is 142 cm³/mol. The predicted octanol–water partition coefficient (Wildman–Crippen LogP) is 6.45. The Morgan fingerprint density at radius 3 is 2.23 bits per heavy atom. The summed E-state index contributed by atoms with van der Waals surface area (Å²) in [5, 5.41) is 15.8. The Hall–Kier alpha value is -3.60. The SMILES string of the molecule is Cc1cc(C)cc(C(CC(C)C)NC(=O)c2cc(NCc3ccccc3)ccc2CCC(=O)O)c1. The zero-order valence-corrected chi connectivity index (χ0v) is 21.1. The van der Waals surface area contributed by atoms with E-state index in [9.17, 15) is 14.7 Å². The van der Waals surface area contributed by atoms with E-state index < -0.39 is 5.97 Å². The lowest BCUT2D eigenvalue weighted by molar-refractivity contribution is -0.136. The minimum Gasteiger partial charge on any atom is -0.481 e. The Morgan fingerprint density at radius 1 is 0.914 bits per heavy atom. The number of carbonyl (C=O) groups is 2. The normalized spacial score (nSPS) is 11.8. The summed E-state index contributed by atoms with van der Waals surface area (Å²) in [7, 11) is 0. The third-order valence-electron chi connectivity index (χ3n) is 5.96. The van der Waals surface area contributed by atoms with Gasteiger partial charge in [-0.2, -0.15) is 0 Å². The molecule has 1 unspecified atom stereocenters. The number of rotatable bonds is 11. The van der Waals surface area contributed by atoms with Gasteiger partial charge < -0.3 is 15.7 Å². The molecular weight excluding hydrogens is 436 g/mol. The number of aliphatic carboxylic acids is 1. The Kier molecular flexibility index (Phi) is 9.07. The highest BCUT2D eigenvalue weighted by atomic mass is 16.4. The number of hydrogen-bond donors (Lipinski definition) is 3. The third kappa shape index (κ3) is 7.99. The fraction of sp³-hybridized carbons (Fsp3) is 0.333. The third-order valence-corrected chi connectivity index (χ3v) is 5.96. The van der Waals surface area contributed by atoms with Crippen molar-refractivity contribution in [2.24, 2.45) is 5.92 Å². The maximum Gasteiger partial charge on any atom is 0.303 e. The number of benzene rings is 3. The molecule has 0 fully saturated rings. The van der Waals surface area contributed by atoms with E-state index in [0.717, 1.165) is 39.9 Å². The first-order valence-corrected chi connectivity index (χ1v) is 12.2. The number of carboxylic acids is 1. The van der Waals surface area contributed by atoms with E-state index in [0.29, 0.717) is 24.4 Å². The fourth-order valence-corrected chi connectivity index (χ4v) is 4.35. The molecule has 0 spiro atoms. The summed E-state index contributed by atoms with van der Waals surface area (Å²) in [5.41, 5.74) is 6.64. The van der Waals surface area contributed by atoms with Crippen molar-refractivity contribution in [3.8, 4) is 0 Å². The molecule has 1 amide bonds. The van der Waals surface area contributed by atoms with Gasteiger partial charge in [-0.3, -0.25) is 9.59 Å². The molecule has 0 saturated carbocycles. The molecule has 0 saturated heterocycles. The van der Waals surface area contributed by atoms with Crippen LogP contribution in [0.5, 0.6) is 0 Å². The summed E-state index contributed by atoms with van der Waals surface area (Å²) in [4.78, 5) is 24.8. The Morgan fingerprint density at radius 2 is 1.60 bits per heavy atom. The van der Waals surface area contributed by atoms with Crippen LogP contribution in [-0.4, -0.2) is 17.0 Å². The smallest absolute Gasteiger partial charge is 0.303 e. The Balaban J connectivity index is 1.88. The molecule has 3 N–H and O–H groups in total. The lowest BCUT2D eigenvalue weighted by Crippen LogP contribution is -2.30. The molecule has 3 aromatic rings. The van der Waals surface area contributed by atoms with Crippen molar-refractivity contribution < 1.29 is 14.7 Å². The van der Waals surface area contributed by atoms with Crippen molar-refractivity contribution >= 4 is 17.6 Å². The van der Waals surface area contributed by atoms with Crippen LogP contribution in [0.15, 0.2) is 66.7 Å². The lowest BCUT2D eigenvalue weighted by atomic mass is 9.93. The van der Waals surface area contributed by atoms with Crippen molar-refractivity contribution in [2.45, 2.75) is 59.5 Å². The van der Waals surface area contributed by atoms with Crippen LogP contribution in [0.1, 0.15) is 70.9 Å². The van der Waals surface area contributed by atoms with Crippen molar-refractivity contribution in [1.82, 2.24) is 5.32 Å². The second-order valence-electron chi connectivity index (χ2n) is 9.68. The molecule has 5 nitrogen and oxygen atoms in total. The number of carboxylic acid groups (broad SMARTS) is 1. The summed E-state index contributed by atoms with van der Waals surface area (Å²) < 4.78 is 0. The second kappa shape index (κ2) is 12.2. The van der Waals surface area contributed by atoms with Crippen LogP contribution in [0, 0.1) is 19.8 Å². The highest BCUT2D eigenvalue weighted by Crippen LogP contribution is 2.26. The van der Waals surface area contributed by atoms with Gasteiger partial charge in [0.15, 0.2) is 0 Å². The number of hydrogen-bond acceptors (Lipinski definition) is 3. The van der Waals surface area contributed by atoms with Crippen LogP contribution in [0.4, 0.5) is 5.69 Å². The van der Waals surface area contributed by atoms with Gasteiger partial charge >= 0.3 is 5.97 Å². The van der Waals surface area contributed by atoms with E-state index in [2.05, 4.69) is 56.5 Å². The number of anilines is 1. The van der Waals surface area contributed by atoms with Crippen LogP contribution in [0.3, 0.4) is 0 Å². The van der Waals surface area contributed by atoms with Gasteiger partial charge in [0.05, 0.1) is 6.04 Å². The maximum absolute atomic E-state index is 13.6. The van der Waals surface area contributed by atoms with E-state index in [-0.39, 0.29) is 18.4 Å². The monoisotopic (exact) mass is 472 g/mol. The number of nitrogens with one attached hydrogen (secondary N) is 2. The largest absolute Gasteiger partial charge is 0.481 e. The quantitative estimate of drug-likeness (QED) is 0.300. The number of carbonyl (C=O) groups excluding carboxylic acids is 1. The van der Waals surface area contributed by atoms with Gasteiger partial charge in [-0.15, -0.1) is 0 Å². The van der Waals surface area contributed by atoms with Gasteiger partial charge in [0.1, 0.15) is 0 Å². The van der Waals surface area contributed by atoms with E-state index >= 15 is 0 Å². The minimum absolute atomic E-state index is 0.0242. The average molecular weight is 473 g/mol. The zero-order valence-electron chi connectivity index (χ0n) is 21.1. The van der Waals surface area contributed by atoms with Crippen molar-refractivity contribution in [3.63, 3.8) is 0 Å². The molecule has 184 valence electrons. The average Bonchev–Trinajstić information content (AvgIpc) is 2.81. The van der Waals surface area contributed by atoms with Crippen molar-refractivity contribution in [3.05, 3.63) is 100 Å². The van der Waals surface area contributed by atoms with E-state index in [1.807, 2.05) is 48.5 Å². The van der Waals surface area contributed by atoms with Crippen LogP contribution in [-0.2, 0) is 17.8 Å². The molecule has 0 aliphatic carbocycles. The zero-order chi connectivity index (χ0) is 25.4. The Labute approximate surface area is 208 Å². The lowest BCUT2D eigenvalue weighted by Gasteiger charge is -2.23. The molecule has 0 radical (unpaired) electrons. The van der Waals surface area contributed by atoms with E-state index in [4.69, 9.17) is 0 Å². The molecule has 0 aliphatic heterocycles. The molecule has 0 bridgehead atoms. The molecule has 1 atom stereocenters. The second-order valence-corrected chi connectivity index (χ2v) is 9.68. The summed E-state index contributed by atoms with van der Waals surface area (Å²) >= 11 is 0. The number of amides is 1. The molecule has 0 heterocycles. The van der Waals surface area contributed by atoms with Gasteiger partial charge in [0.25, 0.3) is 5.91 Å². The highest BCUT2D eigenvalue weighted by Gasteiger charge is 2.20. The molecule has 3 aromatic carbocycles. The van der Waals surface area contributed by atoms with Gasteiger partial charge in [-0.25, -0.2) is 0 Å². The molecule has 3 rings (SSSR count). The van der Waals surface area contributed by atoms with Crippen molar-refractivity contribution in [1.29, 1.82) is 0 Å². The molecule has 0 aromatic heterocycles. The first kappa shape index (κ1) is 26.0. The summed E-state index contributed by atoms with van der Waals surface area (Å²) in [5.74, 6) is -0.666. The van der Waals surface area contributed by atoms with Gasteiger partial charge in [0, 0.05) is 24.2 Å². The highest BCUT2D eigenvalue weighted by molar-refractivity contribution is 5.97. The first-order chi connectivity index (χ1) is 16.7. The summed E-state index contributed by atoms with van der Waals surface area (Å²) in [6.45, 7) is 9.06. The van der Waals surface area contributed by atoms with E-state index in [1.54, 1.807) is 0 Å². The molecular formula is C30H36N2O3. The molecule has 0 aliphatic rings. The maximum atomic E-state index is 13.6. The van der Waals surface area contributed by atoms with Crippen LogP contribution < -0.4 is 10.6 Å². The minimum atomic E-state index is -0.879. The van der Waals surface area contributed by atoms with Gasteiger partial charge in [-0.05, 0) is 61.4 Å². The van der Waals surface area contributed by atoms with Gasteiger partial charge in [0.2, 0.25) is 0 Å².